The molecule has 0 atom stereocenters. The molecule has 0 aliphatic heterocycles. The molecule has 0 saturated carbocycles. The maximum absolute atomic E-state index is 6.24. The molecule has 11 aromatic rings. The van der Waals surface area contributed by atoms with Gasteiger partial charge in [-0.05, 0) is 77.9 Å². The van der Waals surface area contributed by atoms with Gasteiger partial charge in [0.05, 0.1) is 27.8 Å². The molecule has 4 nitrogen and oxygen atoms in total. The quantitative estimate of drug-likeness (QED) is 0.182. The lowest BCUT2D eigenvalue weighted by Gasteiger charge is -2.11. The highest BCUT2D eigenvalue weighted by Crippen LogP contribution is 2.42. The molecule has 248 valence electrons. The maximum Gasteiger partial charge on any atom is 0.138 e. The van der Waals surface area contributed by atoms with Crippen molar-refractivity contribution in [3.05, 3.63) is 188 Å². The van der Waals surface area contributed by atoms with E-state index in [4.69, 9.17) is 9.40 Å². The zero-order chi connectivity index (χ0) is 34.9. The van der Waals surface area contributed by atoms with Gasteiger partial charge in [-0.3, -0.25) is 4.57 Å². The van der Waals surface area contributed by atoms with E-state index in [0.29, 0.717) is 0 Å². The van der Waals surface area contributed by atoms with Gasteiger partial charge in [-0.15, -0.1) is 0 Å². The summed E-state index contributed by atoms with van der Waals surface area (Å²) in [6.45, 7) is 0. The van der Waals surface area contributed by atoms with Crippen molar-refractivity contribution in [2.75, 3.05) is 0 Å². The second kappa shape index (κ2) is 11.7. The predicted octanol–water partition coefficient (Wildman–Crippen LogP) is 13.0. The van der Waals surface area contributed by atoms with Crippen molar-refractivity contribution < 1.29 is 4.42 Å². The average molecular weight is 678 g/mol. The molecular formula is C49H31N3O. The lowest BCUT2D eigenvalue weighted by atomic mass is 10.1. The topological polar surface area (TPSA) is 35.9 Å². The number of hydrogen-bond acceptors (Lipinski definition) is 2. The zero-order valence-electron chi connectivity index (χ0n) is 28.6. The normalized spacial score (nSPS) is 11.8. The minimum absolute atomic E-state index is 0.860. The van der Waals surface area contributed by atoms with Gasteiger partial charge in [0, 0.05) is 43.7 Å². The summed E-state index contributed by atoms with van der Waals surface area (Å²) < 4.78 is 11.0. The molecule has 0 unspecified atom stereocenters. The Kier molecular flexibility index (Phi) is 6.52. The Hall–Kier alpha value is -7.17. The molecule has 0 bridgehead atoms. The third-order valence-corrected chi connectivity index (χ3v) is 10.5. The summed E-state index contributed by atoms with van der Waals surface area (Å²) in [5, 5.41) is 5.87. The molecule has 0 amide bonds. The number of nitrogens with zero attached hydrogens (tertiary/aromatic N) is 3. The highest BCUT2D eigenvalue weighted by Gasteiger charge is 2.21. The van der Waals surface area contributed by atoms with Crippen LogP contribution in [0.1, 0.15) is 0 Å². The Morgan fingerprint density at radius 2 is 1.11 bits per heavy atom. The molecule has 0 radical (unpaired) electrons. The van der Waals surface area contributed by atoms with Crippen LogP contribution in [0.3, 0.4) is 0 Å². The minimum atomic E-state index is 0.860. The van der Waals surface area contributed by atoms with Crippen LogP contribution in [0.25, 0.3) is 99.8 Å². The SMILES string of the molecule is c1ccc(-c2cccc(-n3c4ccccc4c4c3ccc3c5ccccc5n(-c5cccc(-c6ccc7oc(-c8ccccc8)cc7c6)n5)c34)c2)cc1. The molecule has 53 heavy (non-hydrogen) atoms. The molecule has 0 fully saturated rings. The van der Waals surface area contributed by atoms with Crippen LogP contribution >= 0.6 is 0 Å². The van der Waals surface area contributed by atoms with E-state index in [-0.39, 0.29) is 0 Å². The Morgan fingerprint density at radius 1 is 0.415 bits per heavy atom. The molecule has 4 heteroatoms. The van der Waals surface area contributed by atoms with Crippen molar-refractivity contribution in [2.24, 2.45) is 0 Å². The number of hydrogen-bond donors (Lipinski definition) is 0. The smallest absolute Gasteiger partial charge is 0.138 e. The van der Waals surface area contributed by atoms with Gasteiger partial charge in [0.15, 0.2) is 0 Å². The summed E-state index contributed by atoms with van der Waals surface area (Å²) in [4.78, 5) is 5.38. The summed E-state index contributed by atoms with van der Waals surface area (Å²) >= 11 is 0. The third-order valence-electron chi connectivity index (χ3n) is 10.5. The Balaban J connectivity index is 1.13. The average Bonchev–Trinajstić information content (AvgIpc) is 3.91. The highest BCUT2D eigenvalue weighted by molar-refractivity contribution is 6.26. The van der Waals surface area contributed by atoms with Crippen LogP contribution in [-0.4, -0.2) is 14.1 Å². The largest absolute Gasteiger partial charge is 0.456 e. The molecule has 0 aliphatic rings. The highest BCUT2D eigenvalue weighted by atomic mass is 16.3. The van der Waals surface area contributed by atoms with Crippen LogP contribution in [0.4, 0.5) is 0 Å². The van der Waals surface area contributed by atoms with E-state index in [9.17, 15) is 0 Å². The van der Waals surface area contributed by atoms with Crippen LogP contribution in [0.2, 0.25) is 0 Å². The second-order valence-corrected chi connectivity index (χ2v) is 13.6. The first-order chi connectivity index (χ1) is 26.3. The van der Waals surface area contributed by atoms with Gasteiger partial charge in [-0.2, -0.15) is 0 Å². The van der Waals surface area contributed by atoms with E-state index < -0.39 is 0 Å². The Labute approximate surface area is 305 Å². The second-order valence-electron chi connectivity index (χ2n) is 13.6. The number of pyridine rings is 1. The van der Waals surface area contributed by atoms with Gasteiger partial charge in [0.25, 0.3) is 0 Å². The summed E-state index contributed by atoms with van der Waals surface area (Å²) in [6.07, 6.45) is 0. The Morgan fingerprint density at radius 3 is 1.94 bits per heavy atom. The first kappa shape index (κ1) is 29.5. The fourth-order valence-electron chi connectivity index (χ4n) is 8.14. The number of fused-ring (bicyclic) bond motifs is 8. The van der Waals surface area contributed by atoms with E-state index in [0.717, 1.165) is 61.6 Å². The van der Waals surface area contributed by atoms with E-state index >= 15 is 0 Å². The van der Waals surface area contributed by atoms with Crippen LogP contribution < -0.4 is 0 Å². The number of furan rings is 1. The number of benzene rings is 7. The van der Waals surface area contributed by atoms with Gasteiger partial charge >= 0.3 is 0 Å². The fourth-order valence-corrected chi connectivity index (χ4v) is 8.14. The Bertz CT molecular complexity index is 3170. The van der Waals surface area contributed by atoms with Crippen molar-refractivity contribution in [1.82, 2.24) is 14.1 Å². The van der Waals surface area contributed by atoms with Crippen molar-refractivity contribution in [1.29, 1.82) is 0 Å². The molecular weight excluding hydrogens is 647 g/mol. The van der Waals surface area contributed by atoms with E-state index in [1.54, 1.807) is 0 Å². The van der Waals surface area contributed by atoms with Gasteiger partial charge < -0.3 is 8.98 Å². The van der Waals surface area contributed by atoms with Crippen LogP contribution in [-0.2, 0) is 0 Å². The molecule has 4 heterocycles. The molecule has 7 aromatic carbocycles. The van der Waals surface area contributed by atoms with Crippen molar-refractivity contribution >= 4 is 54.6 Å². The monoisotopic (exact) mass is 677 g/mol. The summed E-state index contributed by atoms with van der Waals surface area (Å²) in [7, 11) is 0. The van der Waals surface area contributed by atoms with E-state index in [1.165, 1.54) is 38.2 Å². The van der Waals surface area contributed by atoms with Crippen LogP contribution in [0.5, 0.6) is 0 Å². The van der Waals surface area contributed by atoms with E-state index in [2.05, 4.69) is 179 Å². The van der Waals surface area contributed by atoms with Crippen molar-refractivity contribution in [2.45, 2.75) is 0 Å². The van der Waals surface area contributed by atoms with E-state index in [1.807, 2.05) is 18.2 Å². The number of para-hydroxylation sites is 2. The third kappa shape index (κ3) is 4.66. The summed E-state index contributed by atoms with van der Waals surface area (Å²) in [5.74, 6) is 1.74. The van der Waals surface area contributed by atoms with Crippen LogP contribution in [0.15, 0.2) is 192 Å². The standard InChI is InChI=1S/C49H31N3O/c1-3-13-32(14-4-1)34-17-11-18-37(30-34)51-43-23-10-8-20-40(43)48-44(51)27-26-39-38-19-7-9-22-42(38)52(49(39)48)47-24-12-21-41(50-47)35-25-28-45-36(29-35)31-46(53-45)33-15-5-2-6-16-33/h1-31H. The molecule has 0 aliphatic carbocycles. The molecule has 0 saturated heterocycles. The maximum atomic E-state index is 6.24. The summed E-state index contributed by atoms with van der Waals surface area (Å²) in [6, 6.07) is 66.5. The first-order valence-corrected chi connectivity index (χ1v) is 18.0. The molecule has 4 aromatic heterocycles. The van der Waals surface area contributed by atoms with Gasteiger partial charge in [-0.25, -0.2) is 4.98 Å². The number of rotatable bonds is 5. The van der Waals surface area contributed by atoms with Crippen molar-refractivity contribution in [3.8, 4) is 45.2 Å². The molecule has 11 rings (SSSR count). The molecule has 0 N–H and O–H groups in total. The van der Waals surface area contributed by atoms with Gasteiger partial charge in [0.2, 0.25) is 0 Å². The zero-order valence-corrected chi connectivity index (χ0v) is 28.6. The predicted molar refractivity (Wildman–Crippen MR) is 219 cm³/mol. The minimum Gasteiger partial charge on any atom is -0.456 e. The van der Waals surface area contributed by atoms with Crippen molar-refractivity contribution in [3.63, 3.8) is 0 Å². The van der Waals surface area contributed by atoms with Crippen LogP contribution in [0, 0.1) is 0 Å². The van der Waals surface area contributed by atoms with Gasteiger partial charge in [0.1, 0.15) is 17.2 Å². The fraction of sp³-hybridized carbons (Fsp3) is 0. The lowest BCUT2D eigenvalue weighted by Crippen LogP contribution is -1.99. The molecule has 0 spiro atoms. The summed E-state index contributed by atoms with van der Waals surface area (Å²) in [5.41, 5.74) is 12.0. The first-order valence-electron chi connectivity index (χ1n) is 18.0. The van der Waals surface area contributed by atoms with Gasteiger partial charge in [-0.1, -0.05) is 121 Å². The number of aromatic nitrogens is 3. The lowest BCUT2D eigenvalue weighted by molar-refractivity contribution is 0.631.